The predicted octanol–water partition coefficient (Wildman–Crippen LogP) is 3.56. The number of phenols is 1. The number of nitrogens with zero attached hydrogens (tertiary/aromatic N) is 3. The smallest absolute Gasteiger partial charge is 0.191 e. The van der Waals surface area contributed by atoms with Crippen molar-refractivity contribution in [3.05, 3.63) is 54.2 Å². The van der Waals surface area contributed by atoms with E-state index in [0.717, 1.165) is 63.6 Å². The molecule has 3 N–H and O–H groups in total. The Morgan fingerprint density at radius 2 is 1.93 bits per heavy atom. The zero-order chi connectivity index (χ0) is 19.6. The molecule has 1 aliphatic heterocycles. The lowest BCUT2D eigenvalue weighted by Gasteiger charge is -2.33. The molecule has 0 bridgehead atoms. The zero-order valence-corrected chi connectivity index (χ0v) is 19.4. The Hall–Kier alpha value is -2.03. The number of benzene rings is 1. The number of piperidine rings is 1. The van der Waals surface area contributed by atoms with Crippen molar-refractivity contribution >= 4 is 35.8 Å². The van der Waals surface area contributed by atoms with E-state index in [2.05, 4.69) is 33.5 Å². The predicted molar refractivity (Wildman–Crippen MR) is 130 cm³/mol. The Labute approximate surface area is 190 Å². The monoisotopic (exact) mass is 509 g/mol. The average molecular weight is 509 g/mol. The van der Waals surface area contributed by atoms with Gasteiger partial charge in [0.05, 0.1) is 0 Å². The summed E-state index contributed by atoms with van der Waals surface area (Å²) in [5.74, 6) is 2.29. The molecular weight excluding hydrogens is 477 g/mol. The van der Waals surface area contributed by atoms with Crippen molar-refractivity contribution in [1.82, 2.24) is 15.6 Å². The number of halogens is 1. The number of hydrogen-bond acceptors (Lipinski definition) is 4. The van der Waals surface area contributed by atoms with Crippen LogP contribution in [0.5, 0.6) is 5.75 Å². The van der Waals surface area contributed by atoms with E-state index in [9.17, 15) is 5.11 Å². The normalized spacial score (nSPS) is 14.9. The van der Waals surface area contributed by atoms with Crippen LogP contribution in [0.25, 0.3) is 0 Å². The van der Waals surface area contributed by atoms with Crippen LogP contribution in [0, 0.1) is 0 Å². The highest BCUT2D eigenvalue weighted by Crippen LogP contribution is 2.17. The molecule has 6 nitrogen and oxygen atoms in total. The Balaban J connectivity index is 0.00000300. The molecule has 0 atom stereocenters. The molecule has 2 aromatic rings. The quantitative estimate of drug-likeness (QED) is 0.231. The zero-order valence-electron chi connectivity index (χ0n) is 17.1. The van der Waals surface area contributed by atoms with Gasteiger partial charge in [0.2, 0.25) is 0 Å². The molecule has 1 aromatic heterocycles. The third-order valence-electron chi connectivity index (χ3n) is 4.98. The van der Waals surface area contributed by atoms with Crippen LogP contribution in [0.15, 0.2) is 53.7 Å². The maximum Gasteiger partial charge on any atom is 0.191 e. The fourth-order valence-electron chi connectivity index (χ4n) is 3.44. The molecule has 0 unspecified atom stereocenters. The van der Waals surface area contributed by atoms with Crippen molar-refractivity contribution in [1.29, 1.82) is 0 Å². The molecule has 7 heteroatoms. The van der Waals surface area contributed by atoms with Gasteiger partial charge in [-0.1, -0.05) is 18.2 Å². The van der Waals surface area contributed by atoms with Gasteiger partial charge in [-0.05, 0) is 62.4 Å². The molecule has 1 fully saturated rings. The first-order chi connectivity index (χ1) is 13.7. The minimum absolute atomic E-state index is 0. The number of rotatable bonds is 7. The number of pyridine rings is 1. The third-order valence-corrected chi connectivity index (χ3v) is 4.98. The second-order valence-corrected chi connectivity index (χ2v) is 7.12. The molecule has 2 heterocycles. The number of guanidine groups is 1. The molecule has 0 spiro atoms. The molecule has 3 rings (SSSR count). The summed E-state index contributed by atoms with van der Waals surface area (Å²) in [6.07, 6.45) is 5.96. The van der Waals surface area contributed by atoms with Gasteiger partial charge >= 0.3 is 0 Å². The third kappa shape index (κ3) is 7.72. The lowest BCUT2D eigenvalue weighted by molar-refractivity contribution is 0.459. The van der Waals surface area contributed by atoms with Gasteiger partial charge in [-0.15, -0.1) is 24.0 Å². The van der Waals surface area contributed by atoms with Crippen molar-refractivity contribution < 1.29 is 5.11 Å². The summed E-state index contributed by atoms with van der Waals surface area (Å²) in [7, 11) is 0. The van der Waals surface area contributed by atoms with Gasteiger partial charge in [0.1, 0.15) is 11.6 Å². The van der Waals surface area contributed by atoms with Crippen molar-refractivity contribution in [3.8, 4) is 5.75 Å². The van der Waals surface area contributed by atoms with Crippen LogP contribution in [-0.4, -0.2) is 48.3 Å². The maximum atomic E-state index is 9.35. The SMILES string of the molecule is CCNC(=NCCCc1ccc(O)cc1)NC1CCN(c2ccccn2)CC1.I. The largest absolute Gasteiger partial charge is 0.508 e. The number of aryl methyl sites for hydroxylation is 1. The first-order valence-electron chi connectivity index (χ1n) is 10.2. The second kappa shape index (κ2) is 12.5. The lowest BCUT2D eigenvalue weighted by Crippen LogP contribution is -2.49. The van der Waals surface area contributed by atoms with E-state index in [0.29, 0.717) is 11.8 Å². The maximum absolute atomic E-state index is 9.35. The van der Waals surface area contributed by atoms with Crippen LogP contribution in [0.3, 0.4) is 0 Å². The fraction of sp³-hybridized carbons (Fsp3) is 0.455. The molecule has 1 saturated heterocycles. The van der Waals surface area contributed by atoms with Gasteiger partial charge < -0.3 is 20.6 Å². The fourth-order valence-corrected chi connectivity index (χ4v) is 3.44. The molecule has 0 saturated carbocycles. The summed E-state index contributed by atoms with van der Waals surface area (Å²) < 4.78 is 0. The standard InChI is InChI=1S/C22H31N5O.HI/c1-2-23-22(25-15-5-6-18-8-10-20(28)11-9-18)26-19-12-16-27(17-13-19)21-7-3-4-14-24-21;/h3-4,7-11,14,19,28H,2,5-6,12-13,15-17H2,1H3,(H2,23,25,26);1H. The van der Waals surface area contributed by atoms with Crippen LogP contribution in [0.1, 0.15) is 31.7 Å². The van der Waals surface area contributed by atoms with Gasteiger partial charge in [-0.25, -0.2) is 4.98 Å². The van der Waals surface area contributed by atoms with Gasteiger partial charge in [-0.3, -0.25) is 4.99 Å². The minimum atomic E-state index is 0. The number of nitrogens with one attached hydrogen (secondary N) is 2. The van der Waals surface area contributed by atoms with E-state index in [1.807, 2.05) is 30.5 Å². The van der Waals surface area contributed by atoms with E-state index in [1.165, 1.54) is 5.56 Å². The van der Waals surface area contributed by atoms with Gasteiger partial charge in [0.15, 0.2) is 5.96 Å². The van der Waals surface area contributed by atoms with Crippen LogP contribution in [-0.2, 0) is 6.42 Å². The van der Waals surface area contributed by atoms with Crippen LogP contribution in [0.4, 0.5) is 5.82 Å². The van der Waals surface area contributed by atoms with Gasteiger partial charge in [0, 0.05) is 38.4 Å². The lowest BCUT2D eigenvalue weighted by atomic mass is 10.1. The van der Waals surface area contributed by atoms with E-state index >= 15 is 0 Å². The summed E-state index contributed by atoms with van der Waals surface area (Å²) in [6.45, 7) is 5.75. The summed E-state index contributed by atoms with van der Waals surface area (Å²) in [6, 6.07) is 13.9. The molecule has 0 aliphatic carbocycles. The topological polar surface area (TPSA) is 72.8 Å². The first kappa shape index (κ1) is 23.3. The van der Waals surface area contributed by atoms with Crippen molar-refractivity contribution in [2.24, 2.45) is 4.99 Å². The minimum Gasteiger partial charge on any atom is -0.508 e. The molecule has 29 heavy (non-hydrogen) atoms. The number of hydrogen-bond donors (Lipinski definition) is 3. The summed E-state index contributed by atoms with van der Waals surface area (Å²) in [5, 5.41) is 16.3. The molecule has 0 radical (unpaired) electrons. The number of phenolic OH excluding ortho intramolecular Hbond substituents is 1. The number of anilines is 1. The molecular formula is C22H32IN5O. The molecule has 1 aromatic carbocycles. The molecule has 0 amide bonds. The van der Waals surface area contributed by atoms with Gasteiger partial charge in [0.25, 0.3) is 0 Å². The van der Waals surface area contributed by atoms with Crippen molar-refractivity contribution in [3.63, 3.8) is 0 Å². The number of aliphatic imine (C=N–C) groups is 1. The molecule has 1 aliphatic rings. The summed E-state index contributed by atoms with van der Waals surface area (Å²) >= 11 is 0. The Morgan fingerprint density at radius 1 is 1.17 bits per heavy atom. The highest BCUT2D eigenvalue weighted by atomic mass is 127. The van der Waals surface area contributed by atoms with Gasteiger partial charge in [-0.2, -0.15) is 0 Å². The Morgan fingerprint density at radius 3 is 2.59 bits per heavy atom. The second-order valence-electron chi connectivity index (χ2n) is 7.12. The number of aromatic nitrogens is 1. The summed E-state index contributed by atoms with van der Waals surface area (Å²) in [5.41, 5.74) is 1.23. The van der Waals surface area contributed by atoms with Crippen molar-refractivity contribution in [2.75, 3.05) is 31.1 Å². The highest BCUT2D eigenvalue weighted by Gasteiger charge is 2.20. The first-order valence-corrected chi connectivity index (χ1v) is 10.2. The van der Waals surface area contributed by atoms with Crippen LogP contribution >= 0.6 is 24.0 Å². The molecule has 158 valence electrons. The van der Waals surface area contributed by atoms with Crippen molar-refractivity contribution in [2.45, 2.75) is 38.6 Å². The Kier molecular flexibility index (Phi) is 10.0. The van der Waals surface area contributed by atoms with E-state index < -0.39 is 0 Å². The highest BCUT2D eigenvalue weighted by molar-refractivity contribution is 14.0. The number of aromatic hydroxyl groups is 1. The van der Waals surface area contributed by atoms with E-state index in [-0.39, 0.29) is 24.0 Å². The Bertz CT molecular complexity index is 731. The van der Waals surface area contributed by atoms with Crippen LogP contribution in [0.2, 0.25) is 0 Å². The van der Waals surface area contributed by atoms with Crippen LogP contribution < -0.4 is 15.5 Å². The average Bonchev–Trinajstić information content (AvgIpc) is 2.74. The van der Waals surface area contributed by atoms with E-state index in [1.54, 1.807) is 12.1 Å². The van der Waals surface area contributed by atoms with E-state index in [4.69, 9.17) is 4.99 Å². The summed E-state index contributed by atoms with van der Waals surface area (Å²) in [4.78, 5) is 11.5.